The van der Waals surface area contributed by atoms with Crippen molar-refractivity contribution in [1.29, 1.82) is 0 Å². The molecule has 35 heavy (non-hydrogen) atoms. The van der Waals surface area contributed by atoms with Gasteiger partial charge in [-0.15, -0.1) is 10.2 Å². The van der Waals surface area contributed by atoms with Crippen molar-refractivity contribution in [1.82, 2.24) is 24.5 Å². The molecule has 3 aromatic carbocycles. The summed E-state index contributed by atoms with van der Waals surface area (Å²) in [6.45, 7) is 6.69. The molecule has 0 unspecified atom stereocenters. The molecular weight excluding hydrogens is 436 g/mol. The zero-order valence-electron chi connectivity index (χ0n) is 19.8. The minimum absolute atomic E-state index is 0.0871. The van der Waals surface area contributed by atoms with E-state index in [0.29, 0.717) is 26.2 Å². The van der Waals surface area contributed by atoms with Crippen LogP contribution in [0.25, 0.3) is 27.9 Å². The van der Waals surface area contributed by atoms with Gasteiger partial charge in [0.05, 0.1) is 5.52 Å². The van der Waals surface area contributed by atoms with E-state index in [-0.39, 0.29) is 5.91 Å². The highest BCUT2D eigenvalue weighted by Crippen LogP contribution is 2.29. The van der Waals surface area contributed by atoms with Crippen molar-refractivity contribution >= 4 is 28.4 Å². The second-order valence-corrected chi connectivity index (χ2v) is 9.08. The van der Waals surface area contributed by atoms with Crippen molar-refractivity contribution in [2.75, 3.05) is 31.1 Å². The third-order valence-corrected chi connectivity index (χ3v) is 6.73. The number of carbonyl (C=O) groups is 1. The third-order valence-electron chi connectivity index (χ3n) is 6.73. The lowest BCUT2D eigenvalue weighted by atomic mass is 10.1. The molecule has 1 amide bonds. The van der Waals surface area contributed by atoms with E-state index < -0.39 is 0 Å². The van der Waals surface area contributed by atoms with Gasteiger partial charge in [-0.05, 0) is 43.7 Å². The first kappa shape index (κ1) is 21.3. The monoisotopic (exact) mass is 462 g/mol. The van der Waals surface area contributed by atoms with Crippen molar-refractivity contribution in [2.45, 2.75) is 13.8 Å². The zero-order chi connectivity index (χ0) is 23.9. The molecule has 0 atom stereocenters. The topological polar surface area (TPSA) is 66.6 Å². The summed E-state index contributed by atoms with van der Waals surface area (Å²) in [6.07, 6.45) is 0. The predicted molar refractivity (Wildman–Crippen MR) is 138 cm³/mol. The highest BCUT2D eigenvalue weighted by molar-refractivity contribution is 5.96. The minimum atomic E-state index is 0.0871. The molecule has 0 N–H and O–H groups in total. The molecule has 7 heteroatoms. The molecule has 0 aliphatic carbocycles. The lowest BCUT2D eigenvalue weighted by Crippen LogP contribution is -2.49. The first-order valence-corrected chi connectivity index (χ1v) is 11.9. The molecule has 1 fully saturated rings. The molecule has 5 aromatic rings. The van der Waals surface area contributed by atoms with Gasteiger partial charge in [0.25, 0.3) is 5.91 Å². The lowest BCUT2D eigenvalue weighted by Gasteiger charge is -2.36. The van der Waals surface area contributed by atoms with E-state index in [1.807, 2.05) is 66.4 Å². The van der Waals surface area contributed by atoms with E-state index in [0.717, 1.165) is 50.6 Å². The minimum Gasteiger partial charge on any atom is -0.338 e. The summed E-state index contributed by atoms with van der Waals surface area (Å²) in [5.74, 6) is 1.67. The average molecular weight is 463 g/mol. The van der Waals surface area contributed by atoms with Gasteiger partial charge in [-0.1, -0.05) is 54.1 Å². The van der Waals surface area contributed by atoms with Crippen LogP contribution >= 0.6 is 0 Å². The lowest BCUT2D eigenvalue weighted by molar-refractivity contribution is 0.0745. The number of benzene rings is 3. The maximum absolute atomic E-state index is 13.1. The molecule has 1 saturated heterocycles. The molecular formula is C28H26N6O. The van der Waals surface area contributed by atoms with Gasteiger partial charge in [-0.2, -0.15) is 0 Å². The number of hydrogen-bond acceptors (Lipinski definition) is 5. The Morgan fingerprint density at radius 3 is 2.40 bits per heavy atom. The fourth-order valence-corrected chi connectivity index (χ4v) is 4.84. The maximum Gasteiger partial charge on any atom is 0.254 e. The Kier molecular flexibility index (Phi) is 5.17. The SMILES string of the molecule is Cc1cccc(-c2nnc3c4ccccc4nc(N4CCN(C(=O)c5ccccc5C)CC4)n23)c1. The van der Waals surface area contributed by atoms with Gasteiger partial charge in [0.15, 0.2) is 11.5 Å². The fraction of sp³-hybridized carbons (Fsp3) is 0.214. The highest BCUT2D eigenvalue weighted by atomic mass is 16.2. The Morgan fingerprint density at radius 1 is 0.829 bits per heavy atom. The van der Waals surface area contributed by atoms with Gasteiger partial charge in [0.2, 0.25) is 5.95 Å². The number of carbonyl (C=O) groups excluding carboxylic acids is 1. The number of anilines is 1. The Labute approximate surface area is 203 Å². The van der Waals surface area contributed by atoms with Crippen LogP contribution in [0.3, 0.4) is 0 Å². The van der Waals surface area contributed by atoms with Crippen molar-refractivity contribution in [2.24, 2.45) is 0 Å². The van der Waals surface area contributed by atoms with Crippen LogP contribution in [0.15, 0.2) is 72.8 Å². The summed E-state index contributed by atoms with van der Waals surface area (Å²) in [4.78, 5) is 22.4. The maximum atomic E-state index is 13.1. The van der Waals surface area contributed by atoms with Crippen LogP contribution < -0.4 is 4.90 Å². The van der Waals surface area contributed by atoms with Gasteiger partial charge < -0.3 is 9.80 Å². The van der Waals surface area contributed by atoms with Gasteiger partial charge in [0.1, 0.15) is 0 Å². The molecule has 174 valence electrons. The number of nitrogens with zero attached hydrogens (tertiary/aromatic N) is 6. The Hall–Kier alpha value is -4.26. The first-order valence-electron chi connectivity index (χ1n) is 11.9. The number of aryl methyl sites for hydroxylation is 2. The van der Waals surface area contributed by atoms with E-state index in [1.54, 1.807) is 0 Å². The smallest absolute Gasteiger partial charge is 0.254 e. The summed E-state index contributed by atoms with van der Waals surface area (Å²) in [5.41, 5.74) is 5.62. The van der Waals surface area contributed by atoms with Gasteiger partial charge in [0, 0.05) is 42.7 Å². The molecule has 0 saturated carbocycles. The summed E-state index contributed by atoms with van der Waals surface area (Å²) >= 11 is 0. The van der Waals surface area contributed by atoms with Crippen LogP contribution in [0, 0.1) is 13.8 Å². The average Bonchev–Trinajstić information content (AvgIpc) is 3.34. The number of amides is 1. The van der Waals surface area contributed by atoms with Crippen LogP contribution in [-0.4, -0.2) is 56.6 Å². The van der Waals surface area contributed by atoms with Crippen LogP contribution in [0.1, 0.15) is 21.5 Å². The summed E-state index contributed by atoms with van der Waals surface area (Å²) in [7, 11) is 0. The van der Waals surface area contributed by atoms with Crippen molar-refractivity contribution in [3.05, 3.63) is 89.5 Å². The number of hydrogen-bond donors (Lipinski definition) is 0. The van der Waals surface area contributed by atoms with Crippen LogP contribution in [-0.2, 0) is 0 Å². The quantitative estimate of drug-likeness (QED) is 0.394. The summed E-state index contributed by atoms with van der Waals surface area (Å²) in [6, 6.07) is 24.1. The first-order chi connectivity index (χ1) is 17.1. The van der Waals surface area contributed by atoms with Gasteiger partial charge in [-0.25, -0.2) is 9.38 Å². The van der Waals surface area contributed by atoms with Crippen LogP contribution in [0.5, 0.6) is 0 Å². The third kappa shape index (κ3) is 3.69. The molecule has 0 bridgehead atoms. The number of fused-ring (bicyclic) bond motifs is 3. The number of para-hydroxylation sites is 1. The second-order valence-electron chi connectivity index (χ2n) is 9.08. The largest absolute Gasteiger partial charge is 0.338 e. The summed E-state index contributed by atoms with van der Waals surface area (Å²) < 4.78 is 2.07. The van der Waals surface area contributed by atoms with Crippen LogP contribution in [0.4, 0.5) is 5.95 Å². The van der Waals surface area contributed by atoms with E-state index in [9.17, 15) is 4.79 Å². The van der Waals surface area contributed by atoms with Crippen molar-refractivity contribution < 1.29 is 4.79 Å². The molecule has 0 radical (unpaired) electrons. The normalized spacial score (nSPS) is 14.1. The standard InChI is InChI=1S/C28H26N6O/c1-19-8-7-10-21(18-19)25-30-31-26-23-12-5-6-13-24(23)29-28(34(25)26)33-16-14-32(15-17-33)27(35)22-11-4-3-9-20(22)2/h3-13,18H,14-17H2,1-2H3. The highest BCUT2D eigenvalue weighted by Gasteiger charge is 2.27. The van der Waals surface area contributed by atoms with Gasteiger partial charge >= 0.3 is 0 Å². The molecule has 6 rings (SSSR count). The van der Waals surface area contributed by atoms with E-state index >= 15 is 0 Å². The van der Waals surface area contributed by atoms with Gasteiger partial charge in [-0.3, -0.25) is 4.79 Å². The zero-order valence-corrected chi connectivity index (χ0v) is 19.8. The van der Waals surface area contributed by atoms with Crippen LogP contribution in [0.2, 0.25) is 0 Å². The Bertz CT molecular complexity index is 1560. The van der Waals surface area contributed by atoms with E-state index in [2.05, 4.69) is 44.6 Å². The molecule has 7 nitrogen and oxygen atoms in total. The van der Waals surface area contributed by atoms with E-state index in [1.165, 1.54) is 0 Å². The number of aromatic nitrogens is 4. The Morgan fingerprint density at radius 2 is 1.60 bits per heavy atom. The molecule has 2 aromatic heterocycles. The second kappa shape index (κ2) is 8.51. The predicted octanol–water partition coefficient (Wildman–Crippen LogP) is 4.52. The molecule has 1 aliphatic rings. The number of rotatable bonds is 3. The van der Waals surface area contributed by atoms with Crippen molar-refractivity contribution in [3.8, 4) is 11.4 Å². The molecule has 3 heterocycles. The molecule has 0 spiro atoms. The molecule has 1 aliphatic heterocycles. The Balaban J connectivity index is 1.39. The number of piperazine rings is 1. The fourth-order valence-electron chi connectivity index (χ4n) is 4.84. The van der Waals surface area contributed by atoms with E-state index in [4.69, 9.17) is 4.98 Å². The van der Waals surface area contributed by atoms with Crippen molar-refractivity contribution in [3.63, 3.8) is 0 Å². The summed E-state index contributed by atoms with van der Waals surface area (Å²) in [5, 5.41) is 10.1.